The van der Waals surface area contributed by atoms with Gasteiger partial charge in [0.2, 0.25) is 0 Å². The molecule has 2 aliphatic rings. The molecule has 1 saturated heterocycles. The standard InChI is InChI=1S/C7H13N/c1-6-2-5-8-7(6)3-4-7/h6,8H,2-5H2,1H3. The fourth-order valence-corrected chi connectivity index (χ4v) is 1.79. The lowest BCUT2D eigenvalue weighted by Crippen LogP contribution is -2.27. The molecule has 1 N–H and O–H groups in total. The summed E-state index contributed by atoms with van der Waals surface area (Å²) in [4.78, 5) is 0. The third-order valence-electron chi connectivity index (χ3n) is 2.79. The van der Waals surface area contributed by atoms with Crippen LogP contribution < -0.4 is 5.32 Å². The van der Waals surface area contributed by atoms with Crippen molar-refractivity contribution < 1.29 is 0 Å². The molecule has 46 valence electrons. The van der Waals surface area contributed by atoms with Crippen molar-refractivity contribution in [3.63, 3.8) is 0 Å². The van der Waals surface area contributed by atoms with Crippen molar-refractivity contribution in [2.75, 3.05) is 6.54 Å². The minimum Gasteiger partial charge on any atom is -0.311 e. The molecule has 1 aliphatic heterocycles. The maximum absolute atomic E-state index is 3.56. The average molecular weight is 111 g/mol. The van der Waals surface area contributed by atoms with Gasteiger partial charge >= 0.3 is 0 Å². The molecule has 1 heteroatoms. The van der Waals surface area contributed by atoms with Gasteiger partial charge in [0, 0.05) is 5.54 Å². The highest BCUT2D eigenvalue weighted by Crippen LogP contribution is 2.46. The lowest BCUT2D eigenvalue weighted by Gasteiger charge is -2.10. The van der Waals surface area contributed by atoms with Crippen LogP contribution >= 0.6 is 0 Å². The molecule has 0 aromatic rings. The summed E-state index contributed by atoms with van der Waals surface area (Å²) < 4.78 is 0. The molecule has 2 fully saturated rings. The van der Waals surface area contributed by atoms with Gasteiger partial charge < -0.3 is 5.32 Å². The van der Waals surface area contributed by atoms with Crippen molar-refractivity contribution in [3.8, 4) is 0 Å². The monoisotopic (exact) mass is 111 g/mol. The third kappa shape index (κ3) is 0.455. The van der Waals surface area contributed by atoms with E-state index in [-0.39, 0.29) is 0 Å². The van der Waals surface area contributed by atoms with E-state index in [9.17, 15) is 0 Å². The average Bonchev–Trinajstić information content (AvgIpc) is 2.39. The first-order valence-electron chi connectivity index (χ1n) is 3.58. The van der Waals surface area contributed by atoms with Gasteiger partial charge in [-0.25, -0.2) is 0 Å². The summed E-state index contributed by atoms with van der Waals surface area (Å²) >= 11 is 0. The summed E-state index contributed by atoms with van der Waals surface area (Å²) in [6, 6.07) is 0. The van der Waals surface area contributed by atoms with Gasteiger partial charge in [-0.2, -0.15) is 0 Å². The molecule has 1 saturated carbocycles. The van der Waals surface area contributed by atoms with E-state index in [1.54, 1.807) is 0 Å². The topological polar surface area (TPSA) is 12.0 Å². The Bertz CT molecular complexity index is 105. The molecule has 0 radical (unpaired) electrons. The second-order valence-corrected chi connectivity index (χ2v) is 3.27. The number of hydrogen-bond acceptors (Lipinski definition) is 1. The third-order valence-corrected chi connectivity index (χ3v) is 2.79. The van der Waals surface area contributed by atoms with Crippen molar-refractivity contribution >= 4 is 0 Å². The van der Waals surface area contributed by atoms with Crippen molar-refractivity contribution in [3.05, 3.63) is 0 Å². The second kappa shape index (κ2) is 1.27. The molecule has 1 nitrogen and oxygen atoms in total. The van der Waals surface area contributed by atoms with Gasteiger partial charge in [-0.05, 0) is 31.7 Å². The van der Waals surface area contributed by atoms with Gasteiger partial charge in [0.25, 0.3) is 0 Å². The molecule has 1 heterocycles. The van der Waals surface area contributed by atoms with Crippen LogP contribution in [0, 0.1) is 5.92 Å². The summed E-state index contributed by atoms with van der Waals surface area (Å²) in [6.07, 6.45) is 4.28. The van der Waals surface area contributed by atoms with Gasteiger partial charge in [-0.15, -0.1) is 0 Å². The Morgan fingerprint density at radius 3 is 2.50 bits per heavy atom. The highest BCUT2D eigenvalue weighted by molar-refractivity contribution is 5.08. The maximum Gasteiger partial charge on any atom is 0.0208 e. The lowest BCUT2D eigenvalue weighted by molar-refractivity contribution is 0.466. The fraction of sp³-hybridized carbons (Fsp3) is 1.00. The van der Waals surface area contributed by atoms with Crippen molar-refractivity contribution in [2.24, 2.45) is 5.92 Å². The first-order chi connectivity index (χ1) is 3.83. The summed E-state index contributed by atoms with van der Waals surface area (Å²) in [6.45, 7) is 3.63. The number of rotatable bonds is 0. The van der Waals surface area contributed by atoms with Crippen LogP contribution in [0.1, 0.15) is 26.2 Å². The van der Waals surface area contributed by atoms with Gasteiger partial charge in [-0.3, -0.25) is 0 Å². The Kier molecular flexibility index (Phi) is 0.762. The molecule has 0 amide bonds. The van der Waals surface area contributed by atoms with Crippen LogP contribution in [0.2, 0.25) is 0 Å². The molecule has 0 bridgehead atoms. The summed E-state index contributed by atoms with van der Waals surface area (Å²) in [7, 11) is 0. The van der Waals surface area contributed by atoms with E-state index in [0.29, 0.717) is 5.54 Å². The Morgan fingerprint density at radius 1 is 1.50 bits per heavy atom. The van der Waals surface area contributed by atoms with Crippen molar-refractivity contribution in [1.82, 2.24) is 5.32 Å². The van der Waals surface area contributed by atoms with Crippen LogP contribution in [0.15, 0.2) is 0 Å². The normalized spacial score (nSPS) is 40.9. The molecule has 0 aromatic carbocycles. The van der Waals surface area contributed by atoms with Crippen LogP contribution in [0.4, 0.5) is 0 Å². The maximum atomic E-state index is 3.56. The highest BCUT2D eigenvalue weighted by atomic mass is 15.1. The zero-order valence-electron chi connectivity index (χ0n) is 5.41. The predicted octanol–water partition coefficient (Wildman–Crippen LogP) is 1.15. The van der Waals surface area contributed by atoms with Crippen LogP contribution in [-0.2, 0) is 0 Å². The van der Waals surface area contributed by atoms with Gasteiger partial charge in [0.1, 0.15) is 0 Å². The van der Waals surface area contributed by atoms with Crippen molar-refractivity contribution in [1.29, 1.82) is 0 Å². The van der Waals surface area contributed by atoms with E-state index in [2.05, 4.69) is 12.2 Å². The zero-order valence-corrected chi connectivity index (χ0v) is 5.41. The van der Waals surface area contributed by atoms with Crippen molar-refractivity contribution in [2.45, 2.75) is 31.7 Å². The minimum atomic E-state index is 0.653. The molecule has 0 aromatic heterocycles. The van der Waals surface area contributed by atoms with Crippen LogP contribution in [0.5, 0.6) is 0 Å². The molecule has 1 atom stereocenters. The van der Waals surface area contributed by atoms with E-state index in [1.807, 2.05) is 0 Å². The predicted molar refractivity (Wildman–Crippen MR) is 33.7 cm³/mol. The fourth-order valence-electron chi connectivity index (χ4n) is 1.79. The molecule has 1 aliphatic carbocycles. The van der Waals surface area contributed by atoms with Gasteiger partial charge in [0.05, 0.1) is 0 Å². The van der Waals surface area contributed by atoms with E-state index in [1.165, 1.54) is 25.8 Å². The quantitative estimate of drug-likeness (QED) is 0.494. The first kappa shape index (κ1) is 4.80. The van der Waals surface area contributed by atoms with E-state index >= 15 is 0 Å². The summed E-state index contributed by atoms with van der Waals surface area (Å²) in [5.74, 6) is 0.961. The number of nitrogens with one attached hydrogen (secondary N) is 1. The molecule has 1 unspecified atom stereocenters. The minimum absolute atomic E-state index is 0.653. The Morgan fingerprint density at radius 2 is 2.25 bits per heavy atom. The van der Waals surface area contributed by atoms with Crippen LogP contribution in [0.3, 0.4) is 0 Å². The largest absolute Gasteiger partial charge is 0.311 e. The lowest BCUT2D eigenvalue weighted by atomic mass is 10.0. The molecular weight excluding hydrogens is 98.1 g/mol. The highest BCUT2D eigenvalue weighted by Gasteiger charge is 2.49. The Hall–Kier alpha value is -0.0400. The SMILES string of the molecule is CC1CCNC12CC2. The molecule has 1 spiro atoms. The molecule has 8 heavy (non-hydrogen) atoms. The van der Waals surface area contributed by atoms with Gasteiger partial charge in [-0.1, -0.05) is 6.92 Å². The summed E-state index contributed by atoms with van der Waals surface area (Å²) in [5, 5.41) is 3.56. The summed E-state index contributed by atoms with van der Waals surface area (Å²) in [5.41, 5.74) is 0.653. The number of hydrogen-bond donors (Lipinski definition) is 1. The van der Waals surface area contributed by atoms with Gasteiger partial charge in [0.15, 0.2) is 0 Å². The van der Waals surface area contributed by atoms with E-state index in [0.717, 1.165) is 5.92 Å². The Balaban J connectivity index is 2.12. The molecule has 2 rings (SSSR count). The van der Waals surface area contributed by atoms with Crippen LogP contribution in [-0.4, -0.2) is 12.1 Å². The van der Waals surface area contributed by atoms with Crippen LogP contribution in [0.25, 0.3) is 0 Å². The first-order valence-corrected chi connectivity index (χ1v) is 3.58. The second-order valence-electron chi connectivity index (χ2n) is 3.27. The Labute approximate surface area is 50.5 Å². The van der Waals surface area contributed by atoms with E-state index < -0.39 is 0 Å². The van der Waals surface area contributed by atoms with E-state index in [4.69, 9.17) is 0 Å². The zero-order chi connectivity index (χ0) is 5.61. The smallest absolute Gasteiger partial charge is 0.0208 e. The molecular formula is C7H13N.